The minimum atomic E-state index is -0.623. The number of rotatable bonds is 4. The van der Waals surface area contributed by atoms with E-state index in [1.807, 2.05) is 60.8 Å². The van der Waals surface area contributed by atoms with Gasteiger partial charge in [-0.05, 0) is 23.8 Å². The van der Waals surface area contributed by atoms with Gasteiger partial charge in [-0.3, -0.25) is 0 Å². The zero-order valence-electron chi connectivity index (χ0n) is 11.4. The van der Waals surface area contributed by atoms with Crippen molar-refractivity contribution in [3.63, 3.8) is 0 Å². The summed E-state index contributed by atoms with van der Waals surface area (Å²) in [4.78, 5) is 0. The Morgan fingerprint density at radius 1 is 1.05 bits per heavy atom. The van der Waals surface area contributed by atoms with Gasteiger partial charge < -0.3 is 5.11 Å². The molecule has 1 unspecified atom stereocenters. The number of hydrogen-bond donors (Lipinski definition) is 1. The van der Waals surface area contributed by atoms with E-state index >= 15 is 0 Å². The third kappa shape index (κ3) is 3.15. The molecule has 0 aliphatic rings. The van der Waals surface area contributed by atoms with Crippen LogP contribution in [-0.4, -0.2) is 14.9 Å². The molecule has 21 heavy (non-hydrogen) atoms. The van der Waals surface area contributed by atoms with Gasteiger partial charge in [0, 0.05) is 23.2 Å². The van der Waals surface area contributed by atoms with Crippen LogP contribution in [0.2, 0.25) is 5.02 Å². The number of nitrogens with zero attached hydrogens (tertiary/aromatic N) is 2. The lowest BCUT2D eigenvalue weighted by Crippen LogP contribution is -2.01. The lowest BCUT2D eigenvalue weighted by molar-refractivity contribution is 0.178. The van der Waals surface area contributed by atoms with Gasteiger partial charge in [-0.15, -0.1) is 0 Å². The number of halogens is 1. The van der Waals surface area contributed by atoms with Crippen LogP contribution in [-0.2, 0) is 6.42 Å². The molecule has 4 heteroatoms. The van der Waals surface area contributed by atoms with Crippen LogP contribution in [0.1, 0.15) is 17.2 Å². The van der Waals surface area contributed by atoms with E-state index in [9.17, 15) is 5.11 Å². The average Bonchev–Trinajstić information content (AvgIpc) is 3.00. The predicted molar refractivity (Wildman–Crippen MR) is 83.7 cm³/mol. The SMILES string of the molecule is OC(Cc1ccccc1Cl)c1cnn(-c2ccccc2)c1. The van der Waals surface area contributed by atoms with Crippen molar-refractivity contribution in [2.24, 2.45) is 0 Å². The Labute approximate surface area is 128 Å². The summed E-state index contributed by atoms with van der Waals surface area (Å²) in [5.74, 6) is 0. The van der Waals surface area contributed by atoms with Crippen molar-refractivity contribution in [3.8, 4) is 5.69 Å². The molecule has 1 N–H and O–H groups in total. The largest absolute Gasteiger partial charge is 0.388 e. The van der Waals surface area contributed by atoms with Crippen LogP contribution in [0, 0.1) is 0 Å². The van der Waals surface area contributed by atoms with Gasteiger partial charge >= 0.3 is 0 Å². The first kappa shape index (κ1) is 13.9. The summed E-state index contributed by atoms with van der Waals surface area (Å²) in [6, 6.07) is 17.4. The summed E-state index contributed by atoms with van der Waals surface area (Å²) >= 11 is 6.12. The third-order valence-corrected chi connectivity index (χ3v) is 3.75. The molecular weight excluding hydrogens is 284 g/mol. The summed E-state index contributed by atoms with van der Waals surface area (Å²) < 4.78 is 1.76. The number of hydrogen-bond acceptors (Lipinski definition) is 2. The second-order valence-electron chi connectivity index (χ2n) is 4.87. The molecule has 0 saturated heterocycles. The van der Waals surface area contributed by atoms with Gasteiger partial charge in [0.2, 0.25) is 0 Å². The highest BCUT2D eigenvalue weighted by Crippen LogP contribution is 2.23. The van der Waals surface area contributed by atoms with Gasteiger partial charge in [0.25, 0.3) is 0 Å². The number of para-hydroxylation sites is 1. The van der Waals surface area contributed by atoms with Gasteiger partial charge in [0.05, 0.1) is 18.0 Å². The molecule has 0 aliphatic heterocycles. The normalized spacial score (nSPS) is 12.3. The van der Waals surface area contributed by atoms with E-state index in [1.165, 1.54) is 0 Å². The molecule has 0 aliphatic carbocycles. The molecular formula is C17H15ClN2O. The van der Waals surface area contributed by atoms with E-state index in [-0.39, 0.29) is 0 Å². The molecule has 1 aromatic heterocycles. The number of aromatic nitrogens is 2. The van der Waals surface area contributed by atoms with Crippen LogP contribution in [0.15, 0.2) is 67.0 Å². The van der Waals surface area contributed by atoms with Crippen LogP contribution in [0.25, 0.3) is 5.69 Å². The van der Waals surface area contributed by atoms with Crippen molar-refractivity contribution in [2.75, 3.05) is 0 Å². The zero-order chi connectivity index (χ0) is 14.7. The van der Waals surface area contributed by atoms with Gasteiger partial charge in [-0.25, -0.2) is 4.68 Å². The van der Waals surface area contributed by atoms with Crippen LogP contribution >= 0.6 is 11.6 Å². The average molecular weight is 299 g/mol. The predicted octanol–water partition coefficient (Wildman–Crippen LogP) is 3.80. The van der Waals surface area contributed by atoms with Gasteiger partial charge in [0.1, 0.15) is 0 Å². The van der Waals surface area contributed by atoms with Crippen molar-refractivity contribution in [3.05, 3.63) is 83.1 Å². The fourth-order valence-corrected chi connectivity index (χ4v) is 2.43. The molecule has 3 aromatic rings. The van der Waals surface area contributed by atoms with Crippen molar-refractivity contribution < 1.29 is 5.11 Å². The minimum absolute atomic E-state index is 0.472. The van der Waals surface area contributed by atoms with Crippen LogP contribution in [0.3, 0.4) is 0 Å². The number of benzene rings is 2. The molecule has 1 heterocycles. The van der Waals surface area contributed by atoms with Gasteiger partial charge in [-0.1, -0.05) is 48.0 Å². The molecule has 0 bridgehead atoms. The summed E-state index contributed by atoms with van der Waals surface area (Å²) in [7, 11) is 0. The summed E-state index contributed by atoms with van der Waals surface area (Å²) in [5, 5.41) is 15.3. The maximum atomic E-state index is 10.3. The molecule has 106 valence electrons. The van der Waals surface area contributed by atoms with Crippen molar-refractivity contribution in [1.29, 1.82) is 0 Å². The quantitative estimate of drug-likeness (QED) is 0.795. The molecule has 1 atom stereocenters. The Kier molecular flexibility index (Phi) is 4.04. The number of aliphatic hydroxyl groups is 1. The Morgan fingerprint density at radius 3 is 2.52 bits per heavy atom. The molecule has 3 rings (SSSR count). The Bertz CT molecular complexity index is 724. The maximum Gasteiger partial charge on any atom is 0.0861 e. The molecule has 0 spiro atoms. The van der Waals surface area contributed by atoms with Crippen molar-refractivity contribution >= 4 is 11.6 Å². The van der Waals surface area contributed by atoms with E-state index < -0.39 is 6.10 Å². The van der Waals surface area contributed by atoms with Gasteiger partial charge in [0.15, 0.2) is 0 Å². The monoisotopic (exact) mass is 298 g/mol. The number of aliphatic hydroxyl groups excluding tert-OH is 1. The lowest BCUT2D eigenvalue weighted by Gasteiger charge is -2.09. The standard InChI is InChI=1S/C17H15ClN2O/c18-16-9-5-4-6-13(16)10-17(21)14-11-19-20(12-14)15-7-2-1-3-8-15/h1-9,11-12,17,21H,10H2. The van der Waals surface area contributed by atoms with Crippen LogP contribution in [0.4, 0.5) is 0 Å². The smallest absolute Gasteiger partial charge is 0.0861 e. The minimum Gasteiger partial charge on any atom is -0.388 e. The van der Waals surface area contributed by atoms with E-state index in [0.29, 0.717) is 11.4 Å². The molecule has 2 aromatic carbocycles. The van der Waals surface area contributed by atoms with Crippen molar-refractivity contribution in [2.45, 2.75) is 12.5 Å². The topological polar surface area (TPSA) is 38.1 Å². The summed E-state index contributed by atoms with van der Waals surface area (Å²) in [5.41, 5.74) is 2.67. The molecule has 0 saturated carbocycles. The Hall–Kier alpha value is -2.10. The lowest BCUT2D eigenvalue weighted by atomic mass is 10.0. The maximum absolute atomic E-state index is 10.3. The highest BCUT2D eigenvalue weighted by atomic mass is 35.5. The molecule has 0 amide bonds. The summed E-state index contributed by atoms with van der Waals surface area (Å²) in [6.07, 6.45) is 3.38. The van der Waals surface area contributed by atoms with E-state index in [1.54, 1.807) is 10.9 Å². The first-order valence-electron chi connectivity index (χ1n) is 6.75. The van der Waals surface area contributed by atoms with E-state index in [0.717, 1.165) is 16.8 Å². The van der Waals surface area contributed by atoms with E-state index in [2.05, 4.69) is 5.10 Å². The van der Waals surface area contributed by atoms with Crippen LogP contribution < -0.4 is 0 Å². The highest BCUT2D eigenvalue weighted by molar-refractivity contribution is 6.31. The van der Waals surface area contributed by atoms with Crippen LogP contribution in [0.5, 0.6) is 0 Å². The zero-order valence-corrected chi connectivity index (χ0v) is 12.1. The van der Waals surface area contributed by atoms with E-state index in [4.69, 9.17) is 11.6 Å². The molecule has 0 fully saturated rings. The fraction of sp³-hybridized carbons (Fsp3) is 0.118. The fourth-order valence-electron chi connectivity index (χ4n) is 2.22. The second kappa shape index (κ2) is 6.12. The van der Waals surface area contributed by atoms with Gasteiger partial charge in [-0.2, -0.15) is 5.10 Å². The first-order valence-corrected chi connectivity index (χ1v) is 7.13. The Morgan fingerprint density at radius 2 is 1.76 bits per heavy atom. The second-order valence-corrected chi connectivity index (χ2v) is 5.27. The third-order valence-electron chi connectivity index (χ3n) is 3.38. The highest BCUT2D eigenvalue weighted by Gasteiger charge is 2.13. The molecule has 0 radical (unpaired) electrons. The van der Waals surface area contributed by atoms with Crippen molar-refractivity contribution in [1.82, 2.24) is 9.78 Å². The Balaban J connectivity index is 1.79. The first-order chi connectivity index (χ1) is 10.2. The summed E-state index contributed by atoms with van der Waals surface area (Å²) in [6.45, 7) is 0. The molecule has 3 nitrogen and oxygen atoms in total.